The van der Waals surface area contributed by atoms with Gasteiger partial charge in [0.05, 0.1) is 0 Å². The minimum atomic E-state index is 0.130. The molecule has 0 aliphatic heterocycles. The van der Waals surface area contributed by atoms with E-state index in [1.165, 1.54) is 38.5 Å². The highest BCUT2D eigenvalue weighted by atomic mass is 16.3. The minimum absolute atomic E-state index is 0.130. The molecule has 0 aromatic heterocycles. The van der Waals surface area contributed by atoms with Crippen molar-refractivity contribution in [2.75, 3.05) is 6.61 Å². The largest absolute Gasteiger partial charge is 0.396 e. The lowest BCUT2D eigenvalue weighted by Crippen LogP contribution is -2.11. The molecule has 1 nitrogen and oxygen atoms in total. The topological polar surface area (TPSA) is 20.2 Å². The number of unbranched alkanes of at least 4 members (excludes halogenated alkanes) is 3. The third kappa shape index (κ3) is 2.76. The first kappa shape index (κ1) is 14.8. The van der Waals surface area contributed by atoms with Crippen LogP contribution in [0.5, 0.6) is 0 Å². The van der Waals surface area contributed by atoms with Crippen molar-refractivity contribution in [3.63, 3.8) is 0 Å². The van der Waals surface area contributed by atoms with E-state index in [1.54, 1.807) is 0 Å². The third-order valence-corrected chi connectivity index (χ3v) is 5.03. The molecule has 1 N–H and O–H groups in total. The number of aliphatic hydroxyl groups excluding tert-OH is 1. The van der Waals surface area contributed by atoms with Gasteiger partial charge < -0.3 is 5.11 Å². The highest BCUT2D eigenvalue weighted by Crippen LogP contribution is 2.71. The summed E-state index contributed by atoms with van der Waals surface area (Å²) in [6, 6.07) is 0. The van der Waals surface area contributed by atoms with E-state index in [1.807, 2.05) is 0 Å². The van der Waals surface area contributed by atoms with Crippen LogP contribution in [-0.2, 0) is 0 Å². The first-order valence-electron chi connectivity index (χ1n) is 7.34. The van der Waals surface area contributed by atoms with E-state index in [0.29, 0.717) is 17.9 Å². The molecule has 100 valence electrons. The van der Waals surface area contributed by atoms with Crippen LogP contribution in [-0.4, -0.2) is 11.7 Å². The van der Waals surface area contributed by atoms with Crippen molar-refractivity contribution in [2.45, 2.75) is 66.2 Å². The number of hydrogen-bond acceptors (Lipinski definition) is 1. The molecule has 0 radical (unpaired) electrons. The number of allylic oxidation sites excluding steroid dienone is 2. The Balaban J connectivity index is 2.56. The summed E-state index contributed by atoms with van der Waals surface area (Å²) in [6.45, 7) is 9.41. The van der Waals surface area contributed by atoms with Crippen molar-refractivity contribution >= 4 is 0 Å². The van der Waals surface area contributed by atoms with Crippen LogP contribution < -0.4 is 0 Å². The number of aliphatic hydroxyl groups is 1. The molecule has 0 unspecified atom stereocenters. The molecule has 0 amide bonds. The zero-order chi connectivity index (χ0) is 12.9. The molecule has 1 saturated carbocycles. The average molecular weight is 238 g/mol. The summed E-state index contributed by atoms with van der Waals surface area (Å²) in [4.78, 5) is 0. The van der Waals surface area contributed by atoms with Crippen LogP contribution in [0.15, 0.2) is 12.2 Å². The predicted molar refractivity (Wildman–Crippen MR) is 75.0 cm³/mol. The third-order valence-electron chi connectivity index (χ3n) is 5.03. The second-order valence-electron chi connectivity index (χ2n) is 6.14. The molecule has 0 saturated heterocycles. The molecule has 1 fully saturated rings. The van der Waals surface area contributed by atoms with Gasteiger partial charge in [-0.05, 0) is 24.2 Å². The molecule has 0 bridgehead atoms. The van der Waals surface area contributed by atoms with Crippen LogP contribution in [0.3, 0.4) is 0 Å². The first-order chi connectivity index (χ1) is 8.06. The molecule has 1 rings (SSSR count). The van der Waals surface area contributed by atoms with Crippen LogP contribution in [0.2, 0.25) is 0 Å². The van der Waals surface area contributed by atoms with Gasteiger partial charge in [0.15, 0.2) is 0 Å². The molecule has 17 heavy (non-hydrogen) atoms. The van der Waals surface area contributed by atoms with Crippen LogP contribution in [0.1, 0.15) is 66.2 Å². The lowest BCUT2D eigenvalue weighted by atomic mass is 9.91. The Morgan fingerprint density at radius 1 is 1.06 bits per heavy atom. The Morgan fingerprint density at radius 2 is 1.71 bits per heavy atom. The molecular formula is C16H30O. The lowest BCUT2D eigenvalue weighted by Gasteiger charge is -2.15. The Morgan fingerprint density at radius 3 is 2.24 bits per heavy atom. The van der Waals surface area contributed by atoms with Crippen LogP contribution in [0.25, 0.3) is 0 Å². The fourth-order valence-corrected chi connectivity index (χ4v) is 3.24. The van der Waals surface area contributed by atoms with E-state index in [4.69, 9.17) is 0 Å². The molecule has 1 heteroatoms. The second kappa shape index (κ2) is 6.04. The van der Waals surface area contributed by atoms with E-state index in [9.17, 15) is 5.11 Å². The molecule has 0 aromatic rings. The Bertz CT molecular complexity index is 258. The summed E-state index contributed by atoms with van der Waals surface area (Å²) in [6.07, 6.45) is 12.2. The van der Waals surface area contributed by atoms with Gasteiger partial charge in [0, 0.05) is 12.0 Å². The molecule has 1 aliphatic carbocycles. The van der Waals surface area contributed by atoms with Crippen LogP contribution >= 0.6 is 0 Å². The van der Waals surface area contributed by atoms with Gasteiger partial charge in [0.25, 0.3) is 0 Å². The van der Waals surface area contributed by atoms with Gasteiger partial charge in [-0.15, -0.1) is 0 Å². The molecule has 1 aliphatic rings. The van der Waals surface area contributed by atoms with E-state index in [-0.39, 0.29) is 5.41 Å². The highest BCUT2D eigenvalue weighted by molar-refractivity contribution is 5.23. The second-order valence-corrected chi connectivity index (χ2v) is 6.14. The van der Waals surface area contributed by atoms with Gasteiger partial charge in [-0.1, -0.05) is 65.5 Å². The maximum absolute atomic E-state index is 9.64. The Kier molecular flexibility index (Phi) is 5.24. The summed E-state index contributed by atoms with van der Waals surface area (Å²) in [5, 5.41) is 9.64. The summed E-state index contributed by atoms with van der Waals surface area (Å²) >= 11 is 0. The summed E-state index contributed by atoms with van der Waals surface area (Å²) in [5.74, 6) is 0.586. The van der Waals surface area contributed by atoms with Gasteiger partial charge in [0.2, 0.25) is 0 Å². The van der Waals surface area contributed by atoms with Crippen molar-refractivity contribution in [3.05, 3.63) is 12.2 Å². The van der Waals surface area contributed by atoms with Gasteiger partial charge in [-0.2, -0.15) is 0 Å². The normalized spacial score (nSPS) is 36.6. The SMILES string of the molecule is CCCC/C=C/[C@@H]1[C@](C)(CO)[C@@]1(C)CCCC. The molecule has 0 heterocycles. The van der Waals surface area contributed by atoms with Crippen molar-refractivity contribution in [2.24, 2.45) is 16.7 Å². The standard InChI is InChI=1S/C16H30O/c1-5-7-9-10-11-14-15(3,12-8-6-2)16(14,4)13-17/h10-11,14,17H,5-9,12-13H2,1-4H3/b11-10+/t14-,15-,16-/m0/s1. The number of rotatable bonds is 8. The fraction of sp³-hybridized carbons (Fsp3) is 0.875. The zero-order valence-corrected chi connectivity index (χ0v) is 12.1. The van der Waals surface area contributed by atoms with E-state index in [0.717, 1.165) is 0 Å². The van der Waals surface area contributed by atoms with Gasteiger partial charge >= 0.3 is 0 Å². The summed E-state index contributed by atoms with van der Waals surface area (Å²) in [5.41, 5.74) is 0.464. The van der Waals surface area contributed by atoms with Crippen LogP contribution in [0, 0.1) is 16.7 Å². The lowest BCUT2D eigenvalue weighted by molar-refractivity contribution is 0.183. The van der Waals surface area contributed by atoms with E-state index < -0.39 is 0 Å². The summed E-state index contributed by atoms with van der Waals surface area (Å²) < 4.78 is 0. The highest BCUT2D eigenvalue weighted by Gasteiger charge is 2.68. The summed E-state index contributed by atoms with van der Waals surface area (Å²) in [7, 11) is 0. The molecule has 0 spiro atoms. The van der Waals surface area contributed by atoms with Crippen LogP contribution in [0.4, 0.5) is 0 Å². The van der Waals surface area contributed by atoms with E-state index >= 15 is 0 Å². The average Bonchev–Trinajstić information content (AvgIpc) is 2.80. The zero-order valence-electron chi connectivity index (χ0n) is 12.1. The van der Waals surface area contributed by atoms with E-state index in [2.05, 4.69) is 39.8 Å². The predicted octanol–water partition coefficient (Wildman–Crippen LogP) is 4.56. The monoisotopic (exact) mass is 238 g/mol. The Hall–Kier alpha value is -0.300. The van der Waals surface area contributed by atoms with Crippen molar-refractivity contribution in [1.29, 1.82) is 0 Å². The quantitative estimate of drug-likeness (QED) is 0.485. The van der Waals surface area contributed by atoms with Crippen molar-refractivity contribution in [3.8, 4) is 0 Å². The molecule has 0 aromatic carbocycles. The maximum Gasteiger partial charge on any atom is 0.0496 e. The molecule has 3 atom stereocenters. The fourth-order valence-electron chi connectivity index (χ4n) is 3.24. The van der Waals surface area contributed by atoms with Crippen molar-refractivity contribution in [1.82, 2.24) is 0 Å². The smallest absolute Gasteiger partial charge is 0.0496 e. The number of hydrogen-bond donors (Lipinski definition) is 1. The van der Waals surface area contributed by atoms with Gasteiger partial charge in [0.1, 0.15) is 0 Å². The van der Waals surface area contributed by atoms with Gasteiger partial charge in [-0.25, -0.2) is 0 Å². The minimum Gasteiger partial charge on any atom is -0.396 e. The van der Waals surface area contributed by atoms with Gasteiger partial charge in [-0.3, -0.25) is 0 Å². The van der Waals surface area contributed by atoms with Crippen molar-refractivity contribution < 1.29 is 5.11 Å². The molecular weight excluding hydrogens is 208 g/mol. The Labute approximate surface area is 107 Å². The maximum atomic E-state index is 9.64. The first-order valence-corrected chi connectivity index (χ1v) is 7.34.